The van der Waals surface area contributed by atoms with Crippen LogP contribution in [0.4, 0.5) is 0 Å². The molecule has 0 amide bonds. The zero-order valence-electron chi connectivity index (χ0n) is 17.0. The van der Waals surface area contributed by atoms with Crippen molar-refractivity contribution in [2.24, 2.45) is 5.73 Å². The van der Waals surface area contributed by atoms with Gasteiger partial charge in [-0.2, -0.15) is 0 Å². The van der Waals surface area contributed by atoms with Crippen molar-refractivity contribution in [2.75, 3.05) is 13.2 Å². The van der Waals surface area contributed by atoms with E-state index in [-0.39, 0.29) is 0 Å². The zero-order valence-corrected chi connectivity index (χ0v) is 17.0. The molecule has 0 aliphatic carbocycles. The van der Waals surface area contributed by atoms with Gasteiger partial charge < -0.3 is 10.5 Å². The number of ether oxygens (including phenoxy) is 1. The normalized spacial score (nSPS) is 12.6. The summed E-state index contributed by atoms with van der Waals surface area (Å²) in [6, 6.07) is 0. The molecule has 0 saturated carbocycles. The van der Waals surface area contributed by atoms with Gasteiger partial charge in [-0.05, 0) is 32.2 Å². The van der Waals surface area contributed by atoms with Gasteiger partial charge in [0.25, 0.3) is 0 Å². The first-order valence-corrected chi connectivity index (χ1v) is 11.2. The maximum Gasteiger partial charge on any atom is 0.0575 e. The molecule has 0 saturated heterocycles. The van der Waals surface area contributed by atoms with Gasteiger partial charge in [0.15, 0.2) is 0 Å². The predicted octanol–water partition coefficient (Wildman–Crippen LogP) is 7.00. The van der Waals surface area contributed by atoms with Crippen LogP contribution in [0.25, 0.3) is 0 Å². The van der Waals surface area contributed by atoms with Crippen LogP contribution < -0.4 is 5.73 Å². The molecule has 0 rings (SSSR count). The molecule has 2 N–H and O–H groups in total. The quantitative estimate of drug-likeness (QED) is 0.242. The van der Waals surface area contributed by atoms with E-state index in [1.54, 1.807) is 0 Å². The lowest BCUT2D eigenvalue weighted by Gasteiger charge is -2.18. The summed E-state index contributed by atoms with van der Waals surface area (Å²) < 4.78 is 6.23. The molecule has 2 heteroatoms. The van der Waals surface area contributed by atoms with Crippen LogP contribution in [0.3, 0.4) is 0 Å². The summed E-state index contributed by atoms with van der Waals surface area (Å²) in [5, 5.41) is 0. The maximum atomic E-state index is 6.23. The maximum absolute atomic E-state index is 6.23. The molecule has 0 fully saturated rings. The second-order valence-corrected chi connectivity index (χ2v) is 7.46. The highest BCUT2D eigenvalue weighted by Gasteiger charge is 2.08. The lowest BCUT2D eigenvalue weighted by atomic mass is 10.0. The van der Waals surface area contributed by atoms with Crippen molar-refractivity contribution in [3.05, 3.63) is 0 Å². The minimum absolute atomic E-state index is 0.504. The Bertz CT molecular complexity index is 220. The predicted molar refractivity (Wildman–Crippen MR) is 109 cm³/mol. The summed E-state index contributed by atoms with van der Waals surface area (Å²) in [6.07, 6.45) is 23.1. The monoisotopic (exact) mass is 341 g/mol. The molecular weight excluding hydrogens is 294 g/mol. The van der Waals surface area contributed by atoms with E-state index in [9.17, 15) is 0 Å². The molecule has 1 atom stereocenters. The molecule has 0 radical (unpaired) electrons. The van der Waals surface area contributed by atoms with E-state index in [4.69, 9.17) is 10.5 Å². The van der Waals surface area contributed by atoms with Crippen molar-refractivity contribution in [2.45, 2.75) is 129 Å². The Morgan fingerprint density at radius 1 is 0.583 bits per heavy atom. The summed E-state index contributed by atoms with van der Waals surface area (Å²) in [7, 11) is 0. The highest BCUT2D eigenvalue weighted by atomic mass is 16.5. The molecule has 2 nitrogen and oxygen atoms in total. The lowest BCUT2D eigenvalue weighted by molar-refractivity contribution is 0.0357. The topological polar surface area (TPSA) is 35.2 Å². The Balaban J connectivity index is 3.70. The van der Waals surface area contributed by atoms with E-state index in [0.717, 1.165) is 13.2 Å². The van der Waals surface area contributed by atoms with E-state index in [1.165, 1.54) is 109 Å². The highest BCUT2D eigenvalue weighted by molar-refractivity contribution is 4.60. The second kappa shape index (κ2) is 21.0. The molecule has 0 aromatic heterocycles. The van der Waals surface area contributed by atoms with Gasteiger partial charge in [-0.3, -0.25) is 0 Å². The van der Waals surface area contributed by atoms with Crippen LogP contribution in [0.1, 0.15) is 123 Å². The number of unbranched alkanes of at least 4 members (excludes halogenated alkanes) is 12. The van der Waals surface area contributed by atoms with E-state index in [0.29, 0.717) is 6.10 Å². The molecule has 0 bridgehead atoms. The van der Waals surface area contributed by atoms with Gasteiger partial charge in [-0.1, -0.05) is 97.3 Å². The Labute approximate surface area is 153 Å². The molecule has 0 spiro atoms. The van der Waals surface area contributed by atoms with Gasteiger partial charge >= 0.3 is 0 Å². The van der Waals surface area contributed by atoms with Crippen LogP contribution in [0.5, 0.6) is 0 Å². The summed E-state index contributed by atoms with van der Waals surface area (Å²) in [5.74, 6) is 0. The Morgan fingerprint density at radius 3 is 1.58 bits per heavy atom. The fraction of sp³-hybridized carbons (Fsp3) is 1.00. The molecular formula is C22H47NO. The van der Waals surface area contributed by atoms with Crippen molar-refractivity contribution in [1.29, 1.82) is 0 Å². The Hall–Kier alpha value is -0.0800. The molecule has 24 heavy (non-hydrogen) atoms. The Morgan fingerprint density at radius 2 is 1.04 bits per heavy atom. The SMILES string of the molecule is CCCCCCCCOC(CCCCCN)CCCCCCCC. The zero-order chi connectivity index (χ0) is 17.7. The first-order valence-electron chi connectivity index (χ1n) is 11.2. The third-order valence-corrected chi connectivity index (χ3v) is 4.96. The van der Waals surface area contributed by atoms with Crippen LogP contribution in [0.15, 0.2) is 0 Å². The van der Waals surface area contributed by atoms with E-state index < -0.39 is 0 Å². The van der Waals surface area contributed by atoms with Crippen molar-refractivity contribution < 1.29 is 4.74 Å². The van der Waals surface area contributed by atoms with Crippen molar-refractivity contribution >= 4 is 0 Å². The van der Waals surface area contributed by atoms with E-state index in [1.807, 2.05) is 0 Å². The molecule has 146 valence electrons. The number of nitrogens with two attached hydrogens (primary N) is 1. The van der Waals surface area contributed by atoms with Crippen LogP contribution in [-0.4, -0.2) is 19.3 Å². The third-order valence-electron chi connectivity index (χ3n) is 4.96. The summed E-state index contributed by atoms with van der Waals surface area (Å²) in [4.78, 5) is 0. The second-order valence-electron chi connectivity index (χ2n) is 7.46. The fourth-order valence-electron chi connectivity index (χ4n) is 3.29. The summed E-state index contributed by atoms with van der Waals surface area (Å²) >= 11 is 0. The van der Waals surface area contributed by atoms with Gasteiger partial charge in [-0.15, -0.1) is 0 Å². The first kappa shape index (κ1) is 23.9. The summed E-state index contributed by atoms with van der Waals surface area (Å²) in [5.41, 5.74) is 5.60. The minimum Gasteiger partial charge on any atom is -0.378 e. The first-order chi connectivity index (χ1) is 11.8. The smallest absolute Gasteiger partial charge is 0.0575 e. The van der Waals surface area contributed by atoms with Gasteiger partial charge in [-0.25, -0.2) is 0 Å². The molecule has 0 aliphatic heterocycles. The fourth-order valence-corrected chi connectivity index (χ4v) is 3.29. The Kier molecular flexibility index (Phi) is 20.9. The molecule has 0 aromatic rings. The largest absolute Gasteiger partial charge is 0.378 e. The van der Waals surface area contributed by atoms with E-state index in [2.05, 4.69) is 13.8 Å². The van der Waals surface area contributed by atoms with Gasteiger partial charge in [0.1, 0.15) is 0 Å². The molecule has 0 aromatic carbocycles. The average Bonchev–Trinajstić information content (AvgIpc) is 2.60. The van der Waals surface area contributed by atoms with Crippen molar-refractivity contribution in [3.8, 4) is 0 Å². The molecule has 0 aliphatic rings. The van der Waals surface area contributed by atoms with Gasteiger partial charge in [0.2, 0.25) is 0 Å². The highest BCUT2D eigenvalue weighted by Crippen LogP contribution is 2.16. The minimum atomic E-state index is 0.504. The van der Waals surface area contributed by atoms with Gasteiger partial charge in [0, 0.05) is 6.61 Å². The van der Waals surface area contributed by atoms with E-state index >= 15 is 0 Å². The van der Waals surface area contributed by atoms with Crippen LogP contribution in [0.2, 0.25) is 0 Å². The number of hydrogen-bond donors (Lipinski definition) is 1. The van der Waals surface area contributed by atoms with Crippen LogP contribution in [-0.2, 0) is 4.74 Å². The lowest BCUT2D eigenvalue weighted by Crippen LogP contribution is -2.14. The van der Waals surface area contributed by atoms with Crippen LogP contribution in [0, 0.1) is 0 Å². The van der Waals surface area contributed by atoms with Crippen LogP contribution >= 0.6 is 0 Å². The standard InChI is InChI=1S/C22H47NO/c1-3-5-7-9-11-14-18-22(19-15-13-16-20-23)24-21-17-12-10-8-6-4-2/h22H,3-21,23H2,1-2H3. The summed E-state index contributed by atoms with van der Waals surface area (Å²) in [6.45, 7) is 6.37. The third kappa shape index (κ3) is 18.3. The van der Waals surface area contributed by atoms with Crippen molar-refractivity contribution in [3.63, 3.8) is 0 Å². The number of hydrogen-bond acceptors (Lipinski definition) is 2. The van der Waals surface area contributed by atoms with Gasteiger partial charge in [0.05, 0.1) is 6.10 Å². The number of rotatable bonds is 20. The molecule has 1 unspecified atom stereocenters. The van der Waals surface area contributed by atoms with Crippen molar-refractivity contribution in [1.82, 2.24) is 0 Å². The molecule has 0 heterocycles. The average molecular weight is 342 g/mol.